The summed E-state index contributed by atoms with van der Waals surface area (Å²) in [6.07, 6.45) is 3.09. The summed E-state index contributed by atoms with van der Waals surface area (Å²) in [6, 6.07) is 0. The van der Waals surface area contributed by atoms with E-state index in [1.165, 1.54) is 0 Å². The van der Waals surface area contributed by atoms with Crippen molar-refractivity contribution in [2.24, 2.45) is 0 Å². The third kappa shape index (κ3) is 6.26. The maximum Gasteiger partial charge on any atom is 0.340 e. The molecule has 0 fully saturated rings. The normalized spacial score (nSPS) is 11.9. The second kappa shape index (κ2) is 9.01. The minimum atomic E-state index is -0.553. The van der Waals surface area contributed by atoms with Crippen LogP contribution in [-0.4, -0.2) is 63.1 Å². The zero-order chi connectivity index (χ0) is 15.7. The summed E-state index contributed by atoms with van der Waals surface area (Å²) in [6.45, 7) is 3.90. The van der Waals surface area contributed by atoms with Gasteiger partial charge >= 0.3 is 11.9 Å². The van der Waals surface area contributed by atoms with Crippen LogP contribution in [0, 0.1) is 0 Å². The average Bonchev–Trinajstić information content (AvgIpc) is 2.33. The Hall–Kier alpha value is -1.98. The minimum absolute atomic E-state index is 0.170. The summed E-state index contributed by atoms with van der Waals surface area (Å²) < 4.78 is 9.99. The molecule has 0 N–H and O–H groups in total. The first-order valence-corrected chi connectivity index (χ1v) is 6.44. The first-order valence-electron chi connectivity index (χ1n) is 6.44. The molecule has 0 heterocycles. The molecule has 0 unspecified atom stereocenters. The largest absolute Gasteiger partial charge is 0.462 e. The Morgan fingerprint density at radius 1 is 0.800 bits per heavy atom. The Kier molecular flexibility index (Phi) is 8.12. The molecule has 0 amide bonds. The zero-order valence-electron chi connectivity index (χ0n) is 13.1. The van der Waals surface area contributed by atoms with E-state index in [-0.39, 0.29) is 24.4 Å². The van der Waals surface area contributed by atoms with Crippen LogP contribution in [0.4, 0.5) is 0 Å². The highest BCUT2D eigenvalue weighted by Gasteiger charge is 2.24. The van der Waals surface area contributed by atoms with E-state index in [2.05, 4.69) is 0 Å². The van der Waals surface area contributed by atoms with E-state index in [0.717, 1.165) is 0 Å². The average molecular weight is 284 g/mol. The second-order valence-electron chi connectivity index (χ2n) is 4.45. The van der Waals surface area contributed by atoms with Crippen molar-refractivity contribution in [3.05, 3.63) is 23.5 Å². The predicted molar refractivity (Wildman–Crippen MR) is 76.8 cm³/mol. The molecule has 0 aromatic heterocycles. The van der Waals surface area contributed by atoms with Crippen molar-refractivity contribution in [2.75, 3.05) is 41.4 Å². The lowest BCUT2D eigenvalue weighted by atomic mass is 10.1. The fourth-order valence-electron chi connectivity index (χ4n) is 1.40. The van der Waals surface area contributed by atoms with Crippen LogP contribution in [0.5, 0.6) is 0 Å². The van der Waals surface area contributed by atoms with Crippen molar-refractivity contribution in [3.8, 4) is 0 Å². The maximum absolute atomic E-state index is 12.0. The second-order valence-corrected chi connectivity index (χ2v) is 4.45. The third-order valence-electron chi connectivity index (χ3n) is 2.06. The summed E-state index contributed by atoms with van der Waals surface area (Å²) in [7, 11) is 7.05. The zero-order valence-corrected chi connectivity index (χ0v) is 13.1. The highest BCUT2D eigenvalue weighted by atomic mass is 16.5. The Morgan fingerprint density at radius 3 is 1.30 bits per heavy atom. The number of nitrogens with zero attached hydrogens (tertiary/aromatic N) is 2. The summed E-state index contributed by atoms with van der Waals surface area (Å²) in [5.74, 6) is -1.11. The monoisotopic (exact) mass is 284 g/mol. The van der Waals surface area contributed by atoms with Crippen molar-refractivity contribution in [1.29, 1.82) is 0 Å². The molecule has 0 aliphatic carbocycles. The first-order chi connectivity index (χ1) is 9.33. The van der Waals surface area contributed by atoms with Gasteiger partial charge in [-0.2, -0.15) is 0 Å². The van der Waals surface area contributed by atoms with Gasteiger partial charge in [0.1, 0.15) is 0 Å². The van der Waals surface area contributed by atoms with Gasteiger partial charge in [0, 0.05) is 40.6 Å². The molecule has 6 nitrogen and oxygen atoms in total. The van der Waals surface area contributed by atoms with Gasteiger partial charge in [-0.1, -0.05) is 0 Å². The van der Waals surface area contributed by atoms with Gasteiger partial charge < -0.3 is 19.3 Å². The Bertz CT molecular complexity index is 360. The van der Waals surface area contributed by atoms with E-state index >= 15 is 0 Å². The lowest BCUT2D eigenvalue weighted by Gasteiger charge is -2.15. The van der Waals surface area contributed by atoms with Gasteiger partial charge in [-0.3, -0.25) is 0 Å². The number of carbonyl (C=O) groups is 2. The minimum Gasteiger partial charge on any atom is -0.462 e. The van der Waals surface area contributed by atoms with Gasteiger partial charge in [-0.25, -0.2) is 9.59 Å². The van der Waals surface area contributed by atoms with Crippen molar-refractivity contribution in [2.45, 2.75) is 13.8 Å². The van der Waals surface area contributed by atoms with Gasteiger partial charge in [0.15, 0.2) is 0 Å². The van der Waals surface area contributed by atoms with E-state index in [9.17, 15) is 9.59 Å². The molecule has 0 aromatic carbocycles. The van der Waals surface area contributed by atoms with Crippen molar-refractivity contribution < 1.29 is 19.1 Å². The molecule has 0 atom stereocenters. The van der Waals surface area contributed by atoms with Crippen LogP contribution in [0.1, 0.15) is 13.8 Å². The van der Waals surface area contributed by atoms with Crippen LogP contribution in [0.2, 0.25) is 0 Å². The van der Waals surface area contributed by atoms with Crippen LogP contribution in [0.15, 0.2) is 23.5 Å². The number of ether oxygens (including phenoxy) is 2. The summed E-state index contributed by atoms with van der Waals surface area (Å²) in [5, 5.41) is 0. The third-order valence-corrected chi connectivity index (χ3v) is 2.06. The Balaban J connectivity index is 5.64. The Labute approximate surface area is 120 Å². The van der Waals surface area contributed by atoms with Gasteiger partial charge in [-0.15, -0.1) is 0 Å². The summed E-state index contributed by atoms with van der Waals surface area (Å²) in [5.41, 5.74) is 0.341. The summed E-state index contributed by atoms with van der Waals surface area (Å²) in [4.78, 5) is 27.4. The molecule has 0 radical (unpaired) electrons. The van der Waals surface area contributed by atoms with Crippen molar-refractivity contribution in [1.82, 2.24) is 9.80 Å². The van der Waals surface area contributed by atoms with Crippen molar-refractivity contribution in [3.63, 3.8) is 0 Å². The molecule has 0 saturated carbocycles. The molecule has 20 heavy (non-hydrogen) atoms. The number of hydrogen-bond donors (Lipinski definition) is 0. The van der Waals surface area contributed by atoms with Gasteiger partial charge in [0.2, 0.25) is 0 Å². The van der Waals surface area contributed by atoms with E-state index in [1.807, 2.05) is 0 Å². The van der Waals surface area contributed by atoms with Gasteiger partial charge in [0.25, 0.3) is 0 Å². The molecule has 0 aromatic rings. The van der Waals surface area contributed by atoms with E-state index < -0.39 is 11.9 Å². The lowest BCUT2D eigenvalue weighted by molar-refractivity contribution is -0.142. The predicted octanol–water partition coefficient (Wildman–Crippen LogP) is 1.00. The van der Waals surface area contributed by atoms with E-state index in [4.69, 9.17) is 9.47 Å². The van der Waals surface area contributed by atoms with E-state index in [1.54, 1.807) is 64.2 Å². The molecule has 0 bridgehead atoms. The first kappa shape index (κ1) is 18.0. The highest BCUT2D eigenvalue weighted by Crippen LogP contribution is 2.15. The van der Waals surface area contributed by atoms with Crippen LogP contribution < -0.4 is 0 Å². The van der Waals surface area contributed by atoms with Crippen LogP contribution in [-0.2, 0) is 19.1 Å². The summed E-state index contributed by atoms with van der Waals surface area (Å²) >= 11 is 0. The molecule has 0 spiro atoms. The number of esters is 2. The number of carbonyl (C=O) groups excluding carboxylic acids is 2. The van der Waals surface area contributed by atoms with Crippen LogP contribution in [0.25, 0.3) is 0 Å². The molecular formula is C14H24N2O4. The molecular weight excluding hydrogens is 260 g/mol. The number of rotatable bonds is 7. The highest BCUT2D eigenvalue weighted by molar-refractivity contribution is 6.06. The molecule has 114 valence electrons. The fourth-order valence-corrected chi connectivity index (χ4v) is 1.40. The fraction of sp³-hybridized carbons (Fsp3) is 0.571. The SMILES string of the molecule is CCOC(=O)C(=C\N(C)C)/C(=C\N(C)C)C(=O)OCC. The maximum atomic E-state index is 12.0. The standard InChI is InChI=1S/C14H24N2O4/c1-7-19-13(17)11(9-15(3)4)12(10-16(5)6)14(18)20-8-2/h9-10H,7-8H2,1-6H3/b11-9-,12-10+. The van der Waals surface area contributed by atoms with E-state index in [0.29, 0.717) is 0 Å². The molecule has 0 saturated heterocycles. The molecule has 0 rings (SSSR count). The quantitative estimate of drug-likeness (QED) is 0.395. The Morgan fingerprint density at radius 2 is 1.10 bits per heavy atom. The lowest BCUT2D eigenvalue weighted by Crippen LogP contribution is -2.21. The molecule has 0 aliphatic rings. The van der Waals surface area contributed by atoms with Crippen molar-refractivity contribution >= 4 is 11.9 Å². The van der Waals surface area contributed by atoms with Crippen LogP contribution >= 0.6 is 0 Å². The molecule has 0 aliphatic heterocycles. The van der Waals surface area contributed by atoms with Gasteiger partial charge in [-0.05, 0) is 13.8 Å². The topological polar surface area (TPSA) is 59.1 Å². The van der Waals surface area contributed by atoms with Crippen LogP contribution in [0.3, 0.4) is 0 Å². The molecule has 6 heteroatoms. The van der Waals surface area contributed by atoms with Gasteiger partial charge in [0.05, 0.1) is 24.4 Å². The smallest absolute Gasteiger partial charge is 0.340 e. The number of hydrogen-bond acceptors (Lipinski definition) is 6.